The van der Waals surface area contributed by atoms with Crippen molar-refractivity contribution in [1.29, 1.82) is 5.26 Å². The molecule has 4 heteroatoms. The lowest BCUT2D eigenvalue weighted by molar-refractivity contribution is 0.0688. The van der Waals surface area contributed by atoms with Crippen LogP contribution < -0.4 is 4.90 Å². The van der Waals surface area contributed by atoms with E-state index in [1.165, 1.54) is 0 Å². The zero-order valence-corrected chi connectivity index (χ0v) is 13.5. The molecule has 0 radical (unpaired) electrons. The predicted octanol–water partition coefficient (Wildman–Crippen LogP) is 3.53. The molecule has 1 amide bonds. The highest BCUT2D eigenvalue weighted by molar-refractivity contribution is 6.05. The summed E-state index contributed by atoms with van der Waals surface area (Å²) in [6.07, 6.45) is 0. The molecule has 116 valence electrons. The first kappa shape index (κ1) is 15.1. The Kier molecular flexibility index (Phi) is 3.79. The molecule has 23 heavy (non-hydrogen) atoms. The van der Waals surface area contributed by atoms with Crippen LogP contribution in [0.4, 0.5) is 5.69 Å². The Hall–Kier alpha value is -2.80. The molecule has 1 aliphatic heterocycles. The first-order chi connectivity index (χ1) is 11.1. The largest absolute Gasteiger partial charge is 0.377 e. The van der Waals surface area contributed by atoms with Crippen molar-refractivity contribution >= 4 is 11.6 Å². The zero-order chi connectivity index (χ0) is 16.6. The quantitative estimate of drug-likeness (QED) is 0.871. The number of benzene rings is 2. The van der Waals surface area contributed by atoms with Crippen LogP contribution in [0.15, 0.2) is 48.5 Å². The molecule has 0 N–H and O–H groups in total. The third-order valence-electron chi connectivity index (χ3n) is 4.40. The number of nitrogens with zero attached hydrogens (tertiary/aromatic N) is 3. The molecule has 2 aromatic rings. The van der Waals surface area contributed by atoms with Gasteiger partial charge in [-0.15, -0.1) is 0 Å². The van der Waals surface area contributed by atoms with E-state index < -0.39 is 6.04 Å². The first-order valence-corrected chi connectivity index (χ1v) is 7.63. The molecule has 0 saturated carbocycles. The van der Waals surface area contributed by atoms with E-state index in [0.29, 0.717) is 5.56 Å². The maximum atomic E-state index is 13.1. The summed E-state index contributed by atoms with van der Waals surface area (Å²) in [7, 11) is 3.82. The summed E-state index contributed by atoms with van der Waals surface area (Å²) < 4.78 is 0. The van der Waals surface area contributed by atoms with Gasteiger partial charge < -0.3 is 9.80 Å². The molecule has 0 saturated heterocycles. The summed E-state index contributed by atoms with van der Waals surface area (Å²) in [6, 6.07) is 17.1. The fourth-order valence-corrected chi connectivity index (χ4v) is 3.21. The van der Waals surface area contributed by atoms with Crippen LogP contribution >= 0.6 is 0 Å². The van der Waals surface area contributed by atoms with Gasteiger partial charge in [-0.2, -0.15) is 5.26 Å². The van der Waals surface area contributed by atoms with Crippen molar-refractivity contribution < 1.29 is 4.79 Å². The lowest BCUT2D eigenvalue weighted by Crippen LogP contribution is -2.30. The average Bonchev–Trinajstić information content (AvgIpc) is 2.87. The highest BCUT2D eigenvalue weighted by Gasteiger charge is 2.41. The second-order valence-corrected chi connectivity index (χ2v) is 5.97. The van der Waals surface area contributed by atoms with E-state index in [4.69, 9.17) is 0 Å². The van der Waals surface area contributed by atoms with Gasteiger partial charge in [0.05, 0.1) is 17.7 Å². The number of amides is 1. The molecule has 0 aliphatic carbocycles. The summed E-state index contributed by atoms with van der Waals surface area (Å²) in [5.41, 5.74) is 3.33. The SMILES string of the molecule is CC(c1ccccc1)N1C(=O)c2c(cccc2N(C)C)C1C#N. The van der Waals surface area contributed by atoms with Crippen LogP contribution in [0.3, 0.4) is 0 Å². The standard InChI is InChI=1S/C19H19N3O/c1-13(14-8-5-4-6-9-14)22-17(12-20)15-10-7-11-16(21(2)3)18(15)19(22)23/h4-11,13,17H,1-3H3. The van der Waals surface area contributed by atoms with Gasteiger partial charge in [-0.05, 0) is 18.6 Å². The highest BCUT2D eigenvalue weighted by Crippen LogP contribution is 2.42. The van der Waals surface area contributed by atoms with Gasteiger partial charge in [-0.25, -0.2) is 0 Å². The molecule has 0 spiro atoms. The third-order valence-corrected chi connectivity index (χ3v) is 4.40. The topological polar surface area (TPSA) is 47.3 Å². The maximum absolute atomic E-state index is 13.1. The Morgan fingerprint density at radius 1 is 1.13 bits per heavy atom. The van der Waals surface area contributed by atoms with Gasteiger partial charge in [-0.3, -0.25) is 4.79 Å². The number of fused-ring (bicyclic) bond motifs is 1. The van der Waals surface area contributed by atoms with E-state index in [1.54, 1.807) is 4.90 Å². The van der Waals surface area contributed by atoms with Gasteiger partial charge in [0, 0.05) is 25.3 Å². The minimum absolute atomic E-state index is 0.0767. The minimum atomic E-state index is -0.549. The van der Waals surface area contributed by atoms with Crippen molar-refractivity contribution in [3.05, 3.63) is 65.2 Å². The Labute approximate surface area is 136 Å². The normalized spacial score (nSPS) is 17.6. The minimum Gasteiger partial charge on any atom is -0.377 e. The molecule has 4 nitrogen and oxygen atoms in total. The number of rotatable bonds is 3. The van der Waals surface area contributed by atoms with Gasteiger partial charge in [0.2, 0.25) is 0 Å². The van der Waals surface area contributed by atoms with Crippen LogP contribution in [0.1, 0.15) is 40.5 Å². The van der Waals surface area contributed by atoms with Crippen LogP contribution in [0.2, 0.25) is 0 Å². The monoisotopic (exact) mass is 305 g/mol. The number of anilines is 1. The Morgan fingerprint density at radius 2 is 1.83 bits per heavy atom. The second-order valence-electron chi connectivity index (χ2n) is 5.97. The van der Waals surface area contributed by atoms with Crippen molar-refractivity contribution in [3.63, 3.8) is 0 Å². The third kappa shape index (κ3) is 2.35. The van der Waals surface area contributed by atoms with Crippen LogP contribution in [0, 0.1) is 11.3 Å². The summed E-state index contributed by atoms with van der Waals surface area (Å²) >= 11 is 0. The van der Waals surface area contributed by atoms with E-state index in [9.17, 15) is 10.1 Å². The molecular weight excluding hydrogens is 286 g/mol. The number of nitriles is 1. The maximum Gasteiger partial charge on any atom is 0.258 e. The van der Waals surface area contributed by atoms with Crippen molar-refractivity contribution in [2.75, 3.05) is 19.0 Å². The molecule has 1 heterocycles. The molecule has 2 aromatic carbocycles. The summed E-state index contributed by atoms with van der Waals surface area (Å²) in [6.45, 7) is 1.97. The molecule has 0 fully saturated rings. The lowest BCUT2D eigenvalue weighted by atomic mass is 10.0. The van der Waals surface area contributed by atoms with Crippen LogP contribution in [0.5, 0.6) is 0 Å². The lowest BCUT2D eigenvalue weighted by Gasteiger charge is -2.28. The molecule has 0 bridgehead atoms. The summed E-state index contributed by atoms with van der Waals surface area (Å²) in [5, 5.41) is 9.67. The average molecular weight is 305 g/mol. The van der Waals surface area contributed by atoms with Gasteiger partial charge in [0.25, 0.3) is 5.91 Å². The Balaban J connectivity index is 2.10. The smallest absolute Gasteiger partial charge is 0.258 e. The number of hydrogen-bond donors (Lipinski definition) is 0. The molecule has 2 unspecified atom stereocenters. The van der Waals surface area contributed by atoms with Gasteiger partial charge in [0.1, 0.15) is 6.04 Å². The highest BCUT2D eigenvalue weighted by atomic mass is 16.2. The Morgan fingerprint density at radius 3 is 2.43 bits per heavy atom. The van der Waals surface area contributed by atoms with E-state index in [0.717, 1.165) is 16.8 Å². The van der Waals surface area contributed by atoms with Crippen LogP contribution in [0.25, 0.3) is 0 Å². The molecule has 1 aliphatic rings. The van der Waals surface area contributed by atoms with E-state index in [-0.39, 0.29) is 11.9 Å². The van der Waals surface area contributed by atoms with E-state index in [1.807, 2.05) is 74.4 Å². The van der Waals surface area contributed by atoms with Crippen molar-refractivity contribution in [3.8, 4) is 6.07 Å². The molecule has 0 aromatic heterocycles. The molecular formula is C19H19N3O. The number of carbonyl (C=O) groups is 1. The van der Waals surface area contributed by atoms with Crippen molar-refractivity contribution in [2.45, 2.75) is 19.0 Å². The molecule has 2 atom stereocenters. The van der Waals surface area contributed by atoms with Crippen molar-refractivity contribution in [1.82, 2.24) is 4.90 Å². The Bertz CT molecular complexity index is 777. The van der Waals surface area contributed by atoms with Crippen LogP contribution in [-0.4, -0.2) is 24.9 Å². The van der Waals surface area contributed by atoms with Gasteiger partial charge in [-0.1, -0.05) is 42.5 Å². The van der Waals surface area contributed by atoms with Gasteiger partial charge in [0.15, 0.2) is 0 Å². The van der Waals surface area contributed by atoms with Crippen molar-refractivity contribution in [2.24, 2.45) is 0 Å². The van der Waals surface area contributed by atoms with E-state index >= 15 is 0 Å². The number of carbonyl (C=O) groups excluding carboxylic acids is 1. The first-order valence-electron chi connectivity index (χ1n) is 7.63. The summed E-state index contributed by atoms with van der Waals surface area (Å²) in [4.78, 5) is 16.7. The van der Waals surface area contributed by atoms with Crippen LogP contribution in [-0.2, 0) is 0 Å². The second kappa shape index (κ2) is 5.77. The fraction of sp³-hybridized carbons (Fsp3) is 0.263. The number of hydrogen-bond acceptors (Lipinski definition) is 3. The molecule has 3 rings (SSSR count). The fourth-order valence-electron chi connectivity index (χ4n) is 3.21. The van der Waals surface area contributed by atoms with E-state index in [2.05, 4.69) is 6.07 Å². The van der Waals surface area contributed by atoms with Gasteiger partial charge >= 0.3 is 0 Å². The zero-order valence-electron chi connectivity index (χ0n) is 13.5. The predicted molar refractivity (Wildman–Crippen MR) is 90.1 cm³/mol. The summed E-state index contributed by atoms with van der Waals surface area (Å²) in [5.74, 6) is -0.0767.